The van der Waals surface area contributed by atoms with E-state index in [1.807, 2.05) is 13.0 Å². The molecule has 142 valence electrons. The third kappa shape index (κ3) is 4.05. The van der Waals surface area contributed by atoms with E-state index in [2.05, 4.69) is 10.3 Å². The molecule has 3 heterocycles. The number of hydrogen-bond acceptors (Lipinski definition) is 7. The van der Waals surface area contributed by atoms with Crippen LogP contribution in [0.3, 0.4) is 0 Å². The minimum absolute atomic E-state index is 0.193. The molecule has 2 aromatic heterocycles. The van der Waals surface area contributed by atoms with Crippen LogP contribution in [0.1, 0.15) is 18.9 Å². The van der Waals surface area contributed by atoms with E-state index in [-0.39, 0.29) is 11.5 Å². The average Bonchev–Trinajstić information content (AvgIpc) is 2.92. The van der Waals surface area contributed by atoms with Gasteiger partial charge in [-0.3, -0.25) is 18.9 Å². The van der Waals surface area contributed by atoms with Gasteiger partial charge in [0.15, 0.2) is 0 Å². The Morgan fingerprint density at radius 2 is 2.19 bits per heavy atom. The van der Waals surface area contributed by atoms with Crippen molar-refractivity contribution in [2.45, 2.75) is 13.3 Å². The van der Waals surface area contributed by atoms with Gasteiger partial charge in [0.2, 0.25) is 0 Å². The SMILES string of the molecule is CCNc1nc2ccccn2c(=O)c1/C=C1/SC(=S)N(CCCOC)C1=O. The third-order valence-electron chi connectivity index (χ3n) is 3.99. The van der Waals surface area contributed by atoms with Gasteiger partial charge in [-0.2, -0.15) is 0 Å². The zero-order valence-electron chi connectivity index (χ0n) is 15.1. The van der Waals surface area contributed by atoms with E-state index < -0.39 is 0 Å². The molecular formula is C18H20N4O3S2. The van der Waals surface area contributed by atoms with Crippen LogP contribution in [0.15, 0.2) is 34.1 Å². The highest BCUT2D eigenvalue weighted by Crippen LogP contribution is 2.33. The number of hydrogen-bond donors (Lipinski definition) is 1. The van der Waals surface area contributed by atoms with E-state index in [1.54, 1.807) is 36.4 Å². The van der Waals surface area contributed by atoms with Gasteiger partial charge in [-0.25, -0.2) is 4.98 Å². The summed E-state index contributed by atoms with van der Waals surface area (Å²) in [6.07, 6.45) is 3.94. The first-order valence-corrected chi connectivity index (χ1v) is 9.79. The minimum atomic E-state index is -0.235. The molecule has 0 unspecified atom stereocenters. The topological polar surface area (TPSA) is 75.9 Å². The summed E-state index contributed by atoms with van der Waals surface area (Å²) in [4.78, 5) is 32.1. The first-order valence-electron chi connectivity index (χ1n) is 8.56. The lowest BCUT2D eigenvalue weighted by Gasteiger charge is -2.13. The lowest BCUT2D eigenvalue weighted by molar-refractivity contribution is -0.122. The van der Waals surface area contributed by atoms with Crippen molar-refractivity contribution in [3.63, 3.8) is 0 Å². The van der Waals surface area contributed by atoms with E-state index in [0.29, 0.717) is 52.4 Å². The van der Waals surface area contributed by atoms with Gasteiger partial charge in [-0.05, 0) is 31.6 Å². The molecule has 0 bridgehead atoms. The van der Waals surface area contributed by atoms with Crippen LogP contribution in [0.25, 0.3) is 11.7 Å². The van der Waals surface area contributed by atoms with Crippen LogP contribution in [0.4, 0.5) is 5.82 Å². The quantitative estimate of drug-likeness (QED) is 0.431. The molecule has 1 aliphatic heterocycles. The van der Waals surface area contributed by atoms with Gasteiger partial charge < -0.3 is 10.1 Å². The number of carbonyl (C=O) groups is 1. The number of rotatable bonds is 7. The Bertz CT molecular complexity index is 971. The number of carbonyl (C=O) groups excluding carboxylic acids is 1. The number of thioether (sulfide) groups is 1. The second-order valence-electron chi connectivity index (χ2n) is 5.82. The maximum Gasteiger partial charge on any atom is 0.267 e. The Labute approximate surface area is 166 Å². The average molecular weight is 405 g/mol. The van der Waals surface area contributed by atoms with E-state index in [1.165, 1.54) is 16.2 Å². The number of ether oxygens (including phenoxy) is 1. The second-order valence-corrected chi connectivity index (χ2v) is 7.49. The van der Waals surface area contributed by atoms with Gasteiger partial charge in [0.25, 0.3) is 11.5 Å². The summed E-state index contributed by atoms with van der Waals surface area (Å²) >= 11 is 6.53. The van der Waals surface area contributed by atoms with Crippen molar-refractivity contribution in [2.75, 3.05) is 32.1 Å². The molecule has 1 N–H and O–H groups in total. The molecule has 1 aliphatic rings. The van der Waals surface area contributed by atoms with Crippen LogP contribution in [-0.2, 0) is 9.53 Å². The first kappa shape index (κ1) is 19.5. The van der Waals surface area contributed by atoms with Gasteiger partial charge in [-0.15, -0.1) is 0 Å². The number of nitrogens with one attached hydrogen (secondary N) is 1. The number of anilines is 1. The van der Waals surface area contributed by atoms with Gasteiger partial charge in [0.05, 0.1) is 10.5 Å². The predicted molar refractivity (Wildman–Crippen MR) is 112 cm³/mol. The van der Waals surface area contributed by atoms with E-state index >= 15 is 0 Å². The standard InChI is InChI=1S/C18H20N4O3S2/c1-3-19-15-12(16(23)21-8-5-4-7-14(21)20-15)11-13-17(24)22(18(26)27-13)9-6-10-25-2/h4-5,7-8,11,19H,3,6,9-10H2,1-2H3/b13-11+. The van der Waals surface area contributed by atoms with Crippen molar-refractivity contribution >= 4 is 51.7 Å². The number of nitrogens with zero attached hydrogens (tertiary/aromatic N) is 3. The van der Waals surface area contributed by atoms with Crippen LogP contribution in [0.5, 0.6) is 0 Å². The summed E-state index contributed by atoms with van der Waals surface area (Å²) in [6.45, 7) is 3.57. The summed E-state index contributed by atoms with van der Waals surface area (Å²) in [7, 11) is 1.62. The third-order valence-corrected chi connectivity index (χ3v) is 5.37. The van der Waals surface area contributed by atoms with Crippen LogP contribution in [-0.4, -0.2) is 51.3 Å². The summed E-state index contributed by atoms with van der Waals surface area (Å²) in [6, 6.07) is 5.35. The lowest BCUT2D eigenvalue weighted by Crippen LogP contribution is -2.29. The molecular weight excluding hydrogens is 384 g/mol. The molecule has 1 fully saturated rings. The number of thiocarbonyl (C=S) groups is 1. The lowest BCUT2D eigenvalue weighted by atomic mass is 10.2. The minimum Gasteiger partial charge on any atom is -0.385 e. The molecule has 1 saturated heterocycles. The zero-order chi connectivity index (χ0) is 19.4. The Morgan fingerprint density at radius 3 is 2.93 bits per heavy atom. The Kier molecular flexibility index (Phi) is 6.25. The molecule has 3 rings (SSSR count). The van der Waals surface area contributed by atoms with Crippen LogP contribution in [0, 0.1) is 0 Å². The Hall–Kier alpha value is -2.23. The van der Waals surface area contributed by atoms with E-state index in [4.69, 9.17) is 17.0 Å². The molecule has 0 aromatic carbocycles. The van der Waals surface area contributed by atoms with Crippen molar-refractivity contribution in [3.8, 4) is 0 Å². The van der Waals surface area contributed by atoms with E-state index in [0.717, 1.165) is 0 Å². The summed E-state index contributed by atoms with van der Waals surface area (Å²) in [5, 5.41) is 3.11. The molecule has 0 radical (unpaired) electrons. The van der Waals surface area contributed by atoms with Gasteiger partial charge in [0.1, 0.15) is 15.8 Å². The van der Waals surface area contributed by atoms with Crippen LogP contribution < -0.4 is 10.9 Å². The largest absolute Gasteiger partial charge is 0.385 e. The highest BCUT2D eigenvalue weighted by Gasteiger charge is 2.32. The molecule has 7 nitrogen and oxygen atoms in total. The Balaban J connectivity index is 2.01. The highest BCUT2D eigenvalue weighted by molar-refractivity contribution is 8.26. The Morgan fingerprint density at radius 1 is 1.37 bits per heavy atom. The fraction of sp³-hybridized carbons (Fsp3) is 0.333. The van der Waals surface area contributed by atoms with Crippen molar-refractivity contribution in [1.82, 2.24) is 14.3 Å². The number of aromatic nitrogens is 2. The number of amides is 1. The zero-order valence-corrected chi connectivity index (χ0v) is 16.7. The van der Waals surface area contributed by atoms with Crippen molar-refractivity contribution in [2.24, 2.45) is 0 Å². The van der Waals surface area contributed by atoms with Crippen molar-refractivity contribution in [3.05, 3.63) is 45.2 Å². The summed E-state index contributed by atoms with van der Waals surface area (Å²) in [5.74, 6) is 0.263. The molecule has 0 spiro atoms. The van der Waals surface area contributed by atoms with Gasteiger partial charge in [-0.1, -0.05) is 30.0 Å². The fourth-order valence-corrected chi connectivity index (χ4v) is 4.02. The predicted octanol–water partition coefficient (Wildman–Crippen LogP) is 2.36. The fourth-order valence-electron chi connectivity index (χ4n) is 2.73. The monoisotopic (exact) mass is 404 g/mol. The maximum absolute atomic E-state index is 12.9. The normalized spacial score (nSPS) is 15.9. The molecule has 2 aromatic rings. The van der Waals surface area contributed by atoms with Crippen molar-refractivity contribution in [1.29, 1.82) is 0 Å². The molecule has 9 heteroatoms. The van der Waals surface area contributed by atoms with E-state index in [9.17, 15) is 9.59 Å². The number of fused-ring (bicyclic) bond motifs is 1. The molecule has 27 heavy (non-hydrogen) atoms. The number of pyridine rings is 1. The highest BCUT2D eigenvalue weighted by atomic mass is 32.2. The molecule has 0 atom stereocenters. The summed E-state index contributed by atoms with van der Waals surface area (Å²) < 4.78 is 6.98. The molecule has 0 aliphatic carbocycles. The van der Waals surface area contributed by atoms with Gasteiger partial charge >= 0.3 is 0 Å². The smallest absolute Gasteiger partial charge is 0.267 e. The maximum atomic E-state index is 12.9. The molecule has 0 saturated carbocycles. The van der Waals surface area contributed by atoms with Crippen molar-refractivity contribution < 1.29 is 9.53 Å². The van der Waals surface area contributed by atoms with Crippen LogP contribution >= 0.6 is 24.0 Å². The number of methoxy groups -OCH3 is 1. The first-order chi connectivity index (χ1) is 13.1. The molecule has 1 amide bonds. The summed E-state index contributed by atoms with van der Waals surface area (Å²) in [5.41, 5.74) is 0.654. The van der Waals surface area contributed by atoms with Crippen LogP contribution in [0.2, 0.25) is 0 Å². The second kappa shape index (κ2) is 8.64. The van der Waals surface area contributed by atoms with Gasteiger partial charge in [0, 0.05) is 33.0 Å².